The summed E-state index contributed by atoms with van der Waals surface area (Å²) in [5.41, 5.74) is 0. The zero-order chi connectivity index (χ0) is 16.8. The van der Waals surface area contributed by atoms with Crippen molar-refractivity contribution in [3.63, 3.8) is 0 Å². The molecule has 0 bridgehead atoms. The molecule has 5 heteroatoms. The molecule has 132 valence electrons. The third-order valence-electron chi connectivity index (χ3n) is 5.01. The molecule has 23 heavy (non-hydrogen) atoms. The van der Waals surface area contributed by atoms with Gasteiger partial charge in [0.1, 0.15) is 6.10 Å². The molecule has 5 nitrogen and oxygen atoms in total. The second-order valence-corrected chi connectivity index (χ2v) is 7.13. The van der Waals surface area contributed by atoms with Crippen molar-refractivity contribution in [3.8, 4) is 0 Å². The molecule has 1 unspecified atom stereocenters. The van der Waals surface area contributed by atoms with E-state index in [4.69, 9.17) is 4.74 Å². The molecule has 1 saturated heterocycles. The Morgan fingerprint density at radius 1 is 1.22 bits per heavy atom. The van der Waals surface area contributed by atoms with Gasteiger partial charge in [0, 0.05) is 32.6 Å². The standard InChI is InChI=1S/C18H32N2O3/c1-4-5-10-19(3)18(22)16-8-11-20(12-9-16)17(21)14(2)23-13-15-6-7-15/h14-16H,4-13H2,1-3H3. The number of nitrogens with zero attached hydrogens (tertiary/aromatic N) is 2. The van der Waals surface area contributed by atoms with Crippen LogP contribution in [-0.4, -0.2) is 61.0 Å². The highest BCUT2D eigenvalue weighted by atomic mass is 16.5. The van der Waals surface area contributed by atoms with Crippen LogP contribution in [0.2, 0.25) is 0 Å². The predicted octanol–water partition coefficient (Wildman–Crippen LogP) is 2.30. The molecule has 0 radical (unpaired) electrons. The van der Waals surface area contributed by atoms with Crippen LogP contribution >= 0.6 is 0 Å². The van der Waals surface area contributed by atoms with E-state index in [9.17, 15) is 9.59 Å². The van der Waals surface area contributed by atoms with Gasteiger partial charge in [0.25, 0.3) is 5.91 Å². The van der Waals surface area contributed by atoms with Crippen LogP contribution in [-0.2, 0) is 14.3 Å². The molecule has 0 aromatic carbocycles. The molecular formula is C18H32N2O3. The Kier molecular flexibility index (Phi) is 6.88. The SMILES string of the molecule is CCCCN(C)C(=O)C1CCN(C(=O)C(C)OCC2CC2)CC1. The second-order valence-electron chi connectivity index (χ2n) is 7.13. The van der Waals surface area contributed by atoms with Gasteiger partial charge in [-0.15, -0.1) is 0 Å². The Morgan fingerprint density at radius 3 is 2.43 bits per heavy atom. The number of ether oxygens (including phenoxy) is 1. The average Bonchev–Trinajstić information content (AvgIpc) is 3.40. The maximum Gasteiger partial charge on any atom is 0.251 e. The Morgan fingerprint density at radius 2 is 1.87 bits per heavy atom. The lowest BCUT2D eigenvalue weighted by molar-refractivity contribution is -0.147. The number of rotatable bonds is 8. The Bertz CT molecular complexity index is 401. The fraction of sp³-hybridized carbons (Fsp3) is 0.889. The second kappa shape index (κ2) is 8.67. The molecule has 1 saturated carbocycles. The highest BCUT2D eigenvalue weighted by Gasteiger charge is 2.31. The lowest BCUT2D eigenvalue weighted by atomic mass is 9.95. The number of hydrogen-bond donors (Lipinski definition) is 0. The van der Waals surface area contributed by atoms with Gasteiger partial charge >= 0.3 is 0 Å². The maximum absolute atomic E-state index is 12.4. The number of likely N-dealkylation sites (tertiary alicyclic amines) is 1. The van der Waals surface area contributed by atoms with Crippen LogP contribution in [0.3, 0.4) is 0 Å². The van der Waals surface area contributed by atoms with Gasteiger partial charge in [-0.2, -0.15) is 0 Å². The van der Waals surface area contributed by atoms with Crippen molar-refractivity contribution < 1.29 is 14.3 Å². The molecule has 0 aromatic heterocycles. The first-order valence-electron chi connectivity index (χ1n) is 9.18. The number of carbonyl (C=O) groups is 2. The minimum absolute atomic E-state index is 0.0728. The largest absolute Gasteiger partial charge is 0.368 e. The summed E-state index contributed by atoms with van der Waals surface area (Å²) >= 11 is 0. The van der Waals surface area contributed by atoms with Crippen molar-refractivity contribution in [1.82, 2.24) is 9.80 Å². The molecule has 2 aliphatic rings. The predicted molar refractivity (Wildman–Crippen MR) is 90.0 cm³/mol. The van der Waals surface area contributed by atoms with Crippen LogP contribution in [0.25, 0.3) is 0 Å². The van der Waals surface area contributed by atoms with E-state index in [1.54, 1.807) is 0 Å². The molecule has 1 heterocycles. The molecule has 1 atom stereocenters. The monoisotopic (exact) mass is 324 g/mol. The summed E-state index contributed by atoms with van der Waals surface area (Å²) < 4.78 is 5.67. The minimum Gasteiger partial charge on any atom is -0.368 e. The van der Waals surface area contributed by atoms with E-state index in [2.05, 4.69) is 6.92 Å². The normalized spacial score (nSPS) is 20.4. The van der Waals surface area contributed by atoms with Crippen molar-refractivity contribution in [2.24, 2.45) is 11.8 Å². The van der Waals surface area contributed by atoms with Crippen LogP contribution < -0.4 is 0 Å². The summed E-state index contributed by atoms with van der Waals surface area (Å²) in [6, 6.07) is 0. The molecule has 0 aromatic rings. The van der Waals surface area contributed by atoms with Crippen LogP contribution in [0.15, 0.2) is 0 Å². The third kappa shape index (κ3) is 5.48. The van der Waals surface area contributed by atoms with Crippen molar-refractivity contribution in [2.75, 3.05) is 33.3 Å². The Balaban J connectivity index is 1.71. The lowest BCUT2D eigenvalue weighted by Crippen LogP contribution is -2.46. The van der Waals surface area contributed by atoms with Gasteiger partial charge in [-0.3, -0.25) is 9.59 Å². The quantitative estimate of drug-likeness (QED) is 0.688. The molecular weight excluding hydrogens is 292 g/mol. The Labute approximate surface area is 140 Å². The van der Waals surface area contributed by atoms with E-state index in [-0.39, 0.29) is 23.8 Å². The first kappa shape index (κ1) is 18.2. The first-order chi connectivity index (χ1) is 11.0. The fourth-order valence-corrected chi connectivity index (χ4v) is 3.06. The topological polar surface area (TPSA) is 49.9 Å². The molecule has 0 spiro atoms. The number of carbonyl (C=O) groups excluding carboxylic acids is 2. The van der Waals surface area contributed by atoms with E-state index in [0.717, 1.165) is 32.2 Å². The highest BCUT2D eigenvalue weighted by molar-refractivity contribution is 5.82. The van der Waals surface area contributed by atoms with Crippen LogP contribution in [0, 0.1) is 11.8 Å². The molecule has 0 N–H and O–H groups in total. The van der Waals surface area contributed by atoms with Gasteiger partial charge < -0.3 is 14.5 Å². The fourth-order valence-electron chi connectivity index (χ4n) is 3.06. The molecule has 2 amide bonds. The first-order valence-corrected chi connectivity index (χ1v) is 9.18. The highest BCUT2D eigenvalue weighted by Crippen LogP contribution is 2.29. The van der Waals surface area contributed by atoms with E-state index in [1.165, 1.54) is 12.8 Å². The van der Waals surface area contributed by atoms with Gasteiger partial charge in [0.15, 0.2) is 0 Å². The van der Waals surface area contributed by atoms with E-state index in [1.807, 2.05) is 23.8 Å². The molecule has 2 rings (SSSR count). The van der Waals surface area contributed by atoms with Gasteiger partial charge in [0.05, 0.1) is 6.61 Å². The zero-order valence-electron chi connectivity index (χ0n) is 14.9. The average molecular weight is 324 g/mol. The lowest BCUT2D eigenvalue weighted by Gasteiger charge is -2.34. The Hall–Kier alpha value is -1.10. The summed E-state index contributed by atoms with van der Waals surface area (Å²) in [5.74, 6) is 1.07. The number of hydrogen-bond acceptors (Lipinski definition) is 3. The van der Waals surface area contributed by atoms with Crippen LogP contribution in [0.4, 0.5) is 0 Å². The van der Waals surface area contributed by atoms with Gasteiger partial charge in [0.2, 0.25) is 5.91 Å². The summed E-state index contributed by atoms with van der Waals surface area (Å²) in [6.45, 7) is 6.88. The summed E-state index contributed by atoms with van der Waals surface area (Å²) in [6.07, 6.45) is 5.82. The maximum atomic E-state index is 12.4. The smallest absolute Gasteiger partial charge is 0.251 e. The van der Waals surface area contributed by atoms with Crippen molar-refractivity contribution in [3.05, 3.63) is 0 Å². The van der Waals surface area contributed by atoms with Crippen LogP contribution in [0.5, 0.6) is 0 Å². The molecule has 1 aliphatic heterocycles. The van der Waals surface area contributed by atoms with Crippen molar-refractivity contribution >= 4 is 11.8 Å². The van der Waals surface area contributed by atoms with E-state index >= 15 is 0 Å². The zero-order valence-corrected chi connectivity index (χ0v) is 14.9. The summed E-state index contributed by atoms with van der Waals surface area (Å²) in [7, 11) is 1.89. The van der Waals surface area contributed by atoms with Gasteiger partial charge in [-0.1, -0.05) is 13.3 Å². The third-order valence-corrected chi connectivity index (χ3v) is 5.01. The minimum atomic E-state index is -0.352. The molecule has 2 fully saturated rings. The van der Waals surface area contributed by atoms with Gasteiger partial charge in [-0.25, -0.2) is 0 Å². The number of unbranched alkanes of at least 4 members (excludes halogenated alkanes) is 1. The number of amides is 2. The van der Waals surface area contributed by atoms with Crippen molar-refractivity contribution in [2.45, 2.75) is 58.5 Å². The summed E-state index contributed by atoms with van der Waals surface area (Å²) in [4.78, 5) is 28.5. The van der Waals surface area contributed by atoms with E-state index in [0.29, 0.717) is 25.6 Å². The van der Waals surface area contributed by atoms with Crippen molar-refractivity contribution in [1.29, 1.82) is 0 Å². The van der Waals surface area contributed by atoms with E-state index < -0.39 is 0 Å². The van der Waals surface area contributed by atoms with Crippen LogP contribution in [0.1, 0.15) is 52.4 Å². The van der Waals surface area contributed by atoms with Gasteiger partial charge in [-0.05, 0) is 44.9 Å². The summed E-state index contributed by atoms with van der Waals surface area (Å²) in [5, 5.41) is 0. The molecule has 1 aliphatic carbocycles. The number of piperidine rings is 1.